The van der Waals surface area contributed by atoms with Crippen LogP contribution in [-0.4, -0.2) is 30.0 Å². The van der Waals surface area contributed by atoms with Crippen LogP contribution in [0, 0.1) is 0 Å². The zero-order valence-corrected chi connectivity index (χ0v) is 16.7. The average molecular weight is 426 g/mol. The van der Waals surface area contributed by atoms with Crippen LogP contribution in [0.2, 0.25) is 5.02 Å². The number of imidazole rings is 1. The highest BCUT2D eigenvalue weighted by atomic mass is 35.5. The lowest BCUT2D eigenvalue weighted by Crippen LogP contribution is -2.31. The Bertz CT molecular complexity index is 1510. The van der Waals surface area contributed by atoms with Gasteiger partial charge in [0.2, 0.25) is 5.88 Å². The molecule has 2 aromatic carbocycles. The number of benzene rings is 2. The third-order valence-electron chi connectivity index (χ3n) is 4.79. The van der Waals surface area contributed by atoms with Gasteiger partial charge in [-0.2, -0.15) is 0 Å². The Kier molecular flexibility index (Phi) is 4.67. The Morgan fingerprint density at radius 3 is 2.50 bits per heavy atom. The summed E-state index contributed by atoms with van der Waals surface area (Å²) in [6, 6.07) is 11.4. The number of H-pyrrole nitrogens is 1. The summed E-state index contributed by atoms with van der Waals surface area (Å²) in [7, 11) is 3.32. The van der Waals surface area contributed by atoms with Crippen molar-refractivity contribution in [3.63, 3.8) is 0 Å². The highest BCUT2D eigenvalue weighted by Gasteiger charge is 2.15. The summed E-state index contributed by atoms with van der Waals surface area (Å²) in [5.41, 5.74) is 0.186. The Balaban J connectivity index is 1.83. The molecule has 0 saturated carbocycles. The number of aryl methyl sites for hydroxylation is 2. The molecule has 30 heavy (non-hydrogen) atoms. The van der Waals surface area contributed by atoms with Gasteiger partial charge < -0.3 is 5.11 Å². The minimum Gasteiger partial charge on any atom is -0.493 e. The van der Waals surface area contributed by atoms with E-state index in [1.54, 1.807) is 50.5 Å². The van der Waals surface area contributed by atoms with E-state index in [2.05, 4.69) is 9.98 Å². The molecule has 9 nitrogen and oxygen atoms in total. The molecule has 0 aliphatic carbocycles. The third-order valence-corrected chi connectivity index (χ3v) is 5.02. The number of hydrogen-bond acceptors (Lipinski definition) is 5. The maximum Gasteiger partial charge on any atom is 0.335 e. The number of aliphatic imine (C=N–C) groups is 1. The summed E-state index contributed by atoms with van der Waals surface area (Å²) in [4.78, 5) is 43.0. The fraction of sp³-hybridized carbons (Fsp3) is 0.100. The lowest BCUT2D eigenvalue weighted by Gasteiger charge is -2.09. The van der Waals surface area contributed by atoms with Gasteiger partial charge in [0.25, 0.3) is 5.56 Å². The van der Waals surface area contributed by atoms with Gasteiger partial charge in [-0.3, -0.25) is 23.9 Å². The van der Waals surface area contributed by atoms with Crippen LogP contribution in [0.1, 0.15) is 5.56 Å². The quantitative estimate of drug-likeness (QED) is 0.487. The van der Waals surface area contributed by atoms with Crippen molar-refractivity contribution in [3.8, 4) is 11.6 Å². The van der Waals surface area contributed by atoms with Crippen molar-refractivity contribution in [2.45, 2.75) is 0 Å². The second-order valence-electron chi connectivity index (χ2n) is 6.64. The number of fused-ring (bicyclic) bond motifs is 1. The summed E-state index contributed by atoms with van der Waals surface area (Å²) in [5, 5.41) is 11.0. The van der Waals surface area contributed by atoms with Crippen LogP contribution in [0.4, 0.5) is 5.69 Å². The first-order chi connectivity index (χ1) is 14.3. The van der Waals surface area contributed by atoms with Crippen LogP contribution in [0.25, 0.3) is 16.7 Å². The number of rotatable bonds is 3. The fourth-order valence-electron chi connectivity index (χ4n) is 3.22. The normalized spacial score (nSPS) is 11.6. The van der Waals surface area contributed by atoms with Crippen LogP contribution in [0.5, 0.6) is 5.88 Å². The van der Waals surface area contributed by atoms with Gasteiger partial charge in [-0.15, -0.1) is 0 Å². The monoisotopic (exact) mass is 425 g/mol. The van der Waals surface area contributed by atoms with Crippen LogP contribution in [-0.2, 0) is 14.1 Å². The standard InChI is InChI=1S/C20H16ClN5O4/c1-24-15-7-6-12(9-16(15)25(2)20(24)30)22-10-14-17(27)23-19(29)26(18(14)28)13-5-3-4-11(21)8-13/h3-10,28H,1-2H3,(H,23,27,29). The molecule has 4 aromatic rings. The van der Waals surface area contributed by atoms with Gasteiger partial charge in [0.05, 0.1) is 22.4 Å². The molecule has 4 rings (SSSR count). The van der Waals surface area contributed by atoms with Crippen LogP contribution in [0.3, 0.4) is 0 Å². The Morgan fingerprint density at radius 1 is 1.03 bits per heavy atom. The van der Waals surface area contributed by atoms with Crippen LogP contribution < -0.4 is 16.9 Å². The number of nitrogens with zero attached hydrogens (tertiary/aromatic N) is 4. The van der Waals surface area contributed by atoms with Gasteiger partial charge >= 0.3 is 11.4 Å². The largest absolute Gasteiger partial charge is 0.493 e. The first-order valence-corrected chi connectivity index (χ1v) is 9.19. The molecule has 2 aromatic heterocycles. The van der Waals surface area contributed by atoms with Crippen LogP contribution in [0.15, 0.2) is 61.8 Å². The average Bonchev–Trinajstić information content (AvgIpc) is 2.91. The molecular weight excluding hydrogens is 410 g/mol. The molecule has 2 N–H and O–H groups in total. The maximum atomic E-state index is 12.3. The van der Waals surface area contributed by atoms with E-state index in [9.17, 15) is 19.5 Å². The predicted molar refractivity (Wildman–Crippen MR) is 115 cm³/mol. The molecule has 0 spiro atoms. The van der Waals surface area contributed by atoms with E-state index in [-0.39, 0.29) is 16.9 Å². The van der Waals surface area contributed by atoms with E-state index in [1.165, 1.54) is 15.2 Å². The van der Waals surface area contributed by atoms with Gasteiger partial charge in [0.15, 0.2) is 0 Å². The van der Waals surface area contributed by atoms with E-state index in [4.69, 9.17) is 11.6 Å². The first kappa shape index (κ1) is 19.5. The molecule has 0 amide bonds. The van der Waals surface area contributed by atoms with Crippen molar-refractivity contribution >= 4 is 34.5 Å². The molecule has 10 heteroatoms. The van der Waals surface area contributed by atoms with E-state index < -0.39 is 17.1 Å². The summed E-state index contributed by atoms with van der Waals surface area (Å²) in [6.07, 6.45) is 1.16. The predicted octanol–water partition coefficient (Wildman–Crippen LogP) is 1.83. The summed E-state index contributed by atoms with van der Waals surface area (Å²) < 4.78 is 3.93. The molecule has 0 unspecified atom stereocenters. The number of nitrogens with one attached hydrogen (secondary N) is 1. The second-order valence-corrected chi connectivity index (χ2v) is 7.08. The number of aromatic nitrogens is 4. The zero-order chi connectivity index (χ0) is 21.6. The zero-order valence-electron chi connectivity index (χ0n) is 16.0. The maximum absolute atomic E-state index is 12.3. The Labute approximate surface area is 173 Å². The molecule has 0 bridgehead atoms. The van der Waals surface area contributed by atoms with E-state index in [0.29, 0.717) is 16.2 Å². The number of hydrogen-bond donors (Lipinski definition) is 2. The van der Waals surface area contributed by atoms with Crippen molar-refractivity contribution in [2.75, 3.05) is 0 Å². The smallest absolute Gasteiger partial charge is 0.335 e. The van der Waals surface area contributed by atoms with E-state index in [1.807, 2.05) is 0 Å². The highest BCUT2D eigenvalue weighted by Crippen LogP contribution is 2.22. The van der Waals surface area contributed by atoms with Crippen molar-refractivity contribution in [3.05, 3.63) is 84.4 Å². The minimum atomic E-state index is -0.808. The molecule has 2 heterocycles. The molecular formula is C20H16ClN5O4. The highest BCUT2D eigenvalue weighted by molar-refractivity contribution is 6.30. The van der Waals surface area contributed by atoms with Gasteiger partial charge in [-0.1, -0.05) is 17.7 Å². The Hall–Kier alpha value is -3.85. The van der Waals surface area contributed by atoms with Gasteiger partial charge in [0, 0.05) is 25.3 Å². The number of aromatic amines is 1. The van der Waals surface area contributed by atoms with Crippen molar-refractivity contribution in [1.82, 2.24) is 18.7 Å². The lowest BCUT2D eigenvalue weighted by atomic mass is 10.2. The molecule has 0 radical (unpaired) electrons. The SMILES string of the molecule is Cn1c(=O)n(C)c2cc(N=Cc3c(O)n(-c4cccc(Cl)c4)c(=O)[nH]c3=O)ccc21. The van der Waals surface area contributed by atoms with Gasteiger partial charge in [-0.25, -0.2) is 14.2 Å². The molecule has 0 aliphatic rings. The van der Waals surface area contributed by atoms with E-state index in [0.717, 1.165) is 16.3 Å². The minimum absolute atomic E-state index is 0.172. The summed E-state index contributed by atoms with van der Waals surface area (Å²) in [5.74, 6) is -0.567. The topological polar surface area (TPSA) is 114 Å². The molecule has 0 fully saturated rings. The Morgan fingerprint density at radius 2 is 1.77 bits per heavy atom. The van der Waals surface area contributed by atoms with Crippen molar-refractivity contribution in [1.29, 1.82) is 0 Å². The number of aromatic hydroxyl groups is 1. The van der Waals surface area contributed by atoms with Crippen molar-refractivity contribution < 1.29 is 5.11 Å². The molecule has 152 valence electrons. The van der Waals surface area contributed by atoms with Crippen LogP contribution >= 0.6 is 11.6 Å². The van der Waals surface area contributed by atoms with E-state index >= 15 is 0 Å². The van der Waals surface area contributed by atoms with Crippen molar-refractivity contribution in [2.24, 2.45) is 19.1 Å². The molecule has 0 atom stereocenters. The second kappa shape index (κ2) is 7.20. The summed E-state index contributed by atoms with van der Waals surface area (Å²) >= 11 is 5.96. The fourth-order valence-corrected chi connectivity index (χ4v) is 3.41. The first-order valence-electron chi connectivity index (χ1n) is 8.81. The number of halogens is 1. The van der Waals surface area contributed by atoms with Gasteiger partial charge in [0.1, 0.15) is 5.56 Å². The molecule has 0 aliphatic heterocycles. The lowest BCUT2D eigenvalue weighted by molar-refractivity contribution is 0.430. The van der Waals surface area contributed by atoms with Gasteiger partial charge in [-0.05, 0) is 36.4 Å². The third kappa shape index (κ3) is 3.15. The summed E-state index contributed by atoms with van der Waals surface area (Å²) in [6.45, 7) is 0. The molecule has 0 saturated heterocycles.